The molecule has 30 atom stereocenters. The molecule has 5 aliphatic carbocycles. The molecular formula is C53H86O23. The van der Waals surface area contributed by atoms with Gasteiger partial charge in [-0.3, -0.25) is 0 Å². The molecular weight excluding hydrogens is 1000 g/mol. The van der Waals surface area contributed by atoms with Crippen molar-refractivity contribution in [3.05, 3.63) is 11.6 Å². The van der Waals surface area contributed by atoms with Crippen LogP contribution in [-0.2, 0) is 42.7 Å². The summed E-state index contributed by atoms with van der Waals surface area (Å²) in [6.45, 7) is 15.1. The Kier molecular flexibility index (Phi) is 16.3. The van der Waals surface area contributed by atoms with Gasteiger partial charge < -0.3 is 109 Å². The van der Waals surface area contributed by atoms with Gasteiger partial charge in [-0.15, -0.1) is 0 Å². The Morgan fingerprint density at radius 3 is 1.91 bits per heavy atom. The molecule has 4 saturated heterocycles. The van der Waals surface area contributed by atoms with Crippen molar-refractivity contribution in [3.63, 3.8) is 0 Å². The molecule has 8 fully saturated rings. The average Bonchev–Trinajstić information content (AvgIpc) is 3.37. The number of hydrogen-bond acceptors (Lipinski definition) is 22. The van der Waals surface area contributed by atoms with E-state index in [-0.39, 0.29) is 47.2 Å². The predicted octanol–water partition coefficient (Wildman–Crippen LogP) is -1.86. The van der Waals surface area contributed by atoms with Gasteiger partial charge in [-0.2, -0.15) is 0 Å². The molecule has 9 aliphatic rings. The largest absolute Gasteiger partial charge is 0.479 e. The van der Waals surface area contributed by atoms with Crippen LogP contribution in [0.4, 0.5) is 0 Å². The van der Waals surface area contributed by atoms with Crippen LogP contribution in [0.15, 0.2) is 11.6 Å². The zero-order chi connectivity index (χ0) is 55.7. The normalized spacial score (nSPS) is 56.3. The summed E-state index contributed by atoms with van der Waals surface area (Å²) >= 11 is 0. The fraction of sp³-hybridized carbons (Fsp3) is 0.943. The Morgan fingerprint density at radius 2 is 1.26 bits per heavy atom. The number of aliphatic hydroxyl groups is 13. The number of fused-ring (bicyclic) bond motifs is 7. The number of ether oxygens (including phenoxy) is 8. The molecule has 23 nitrogen and oxygen atoms in total. The molecule has 436 valence electrons. The van der Waals surface area contributed by atoms with E-state index in [0.29, 0.717) is 32.1 Å². The number of hydrogen-bond donors (Lipinski definition) is 14. The maximum absolute atomic E-state index is 12.6. The SMILES string of the molecule is C[C@@H]1O[C@@H](O[C@H]2[C@H](O[C@H]3[C@H](O[C@H]4CC[C@@]5(C)[C@@H](CC[C@]6(C)[C@@H]5CC=C5[C@@H]7CC(C)(C)[C@@H](O[C@@H]8OC[C@@H](O)[C@H](O)[C@H]8O)[C@@H](O)[C@]7(C)CC[C@]56C)[C@@]4(C)CO)O[C@H](C(=O)O)[C@@H](O)[C@@H]3O)O[C@H](CO)[C@H](O)[C@@H]2O)[C@H](O)[C@H](O)[C@H]1O. The van der Waals surface area contributed by atoms with Crippen LogP contribution in [0, 0.1) is 50.2 Å². The quantitative estimate of drug-likeness (QED) is 0.0797. The molecule has 23 heteroatoms. The summed E-state index contributed by atoms with van der Waals surface area (Å²) in [4.78, 5) is 12.6. The molecule has 9 rings (SSSR count). The highest BCUT2D eigenvalue weighted by molar-refractivity contribution is 5.73. The molecule has 4 saturated carbocycles. The van der Waals surface area contributed by atoms with Crippen LogP contribution in [0.5, 0.6) is 0 Å². The number of aliphatic hydroxyl groups excluding tert-OH is 13. The van der Waals surface area contributed by atoms with Crippen molar-refractivity contribution in [2.75, 3.05) is 19.8 Å². The minimum atomic E-state index is -2.11. The topological polar surface area (TPSA) is 374 Å². The predicted molar refractivity (Wildman–Crippen MR) is 259 cm³/mol. The monoisotopic (exact) mass is 1090 g/mol. The van der Waals surface area contributed by atoms with Gasteiger partial charge in [0, 0.05) is 10.8 Å². The Morgan fingerprint density at radius 1 is 0.632 bits per heavy atom. The summed E-state index contributed by atoms with van der Waals surface area (Å²) in [6, 6.07) is 0. The molecule has 0 bridgehead atoms. The van der Waals surface area contributed by atoms with Crippen LogP contribution in [0.2, 0.25) is 0 Å². The van der Waals surface area contributed by atoms with Crippen molar-refractivity contribution in [2.45, 2.75) is 242 Å². The first kappa shape index (κ1) is 59.0. The van der Waals surface area contributed by atoms with Crippen LogP contribution >= 0.6 is 0 Å². The van der Waals surface area contributed by atoms with Gasteiger partial charge in [-0.05, 0) is 97.7 Å². The zero-order valence-corrected chi connectivity index (χ0v) is 44.7. The lowest BCUT2D eigenvalue weighted by Crippen LogP contribution is -2.69. The number of carboxylic acid groups (broad SMARTS) is 1. The summed E-state index contributed by atoms with van der Waals surface area (Å²) in [5.74, 6) is -1.71. The molecule has 4 aliphatic heterocycles. The van der Waals surface area contributed by atoms with Gasteiger partial charge >= 0.3 is 5.97 Å². The average molecular weight is 1090 g/mol. The van der Waals surface area contributed by atoms with Gasteiger partial charge in [-0.25, -0.2) is 4.79 Å². The van der Waals surface area contributed by atoms with E-state index < -0.39 is 164 Å². The highest BCUT2D eigenvalue weighted by Crippen LogP contribution is 2.76. The highest BCUT2D eigenvalue weighted by atomic mass is 16.8. The van der Waals surface area contributed by atoms with Gasteiger partial charge in [0.2, 0.25) is 0 Å². The highest BCUT2D eigenvalue weighted by Gasteiger charge is 2.71. The Balaban J connectivity index is 0.969. The molecule has 4 heterocycles. The van der Waals surface area contributed by atoms with E-state index in [4.69, 9.17) is 37.9 Å². The van der Waals surface area contributed by atoms with Crippen molar-refractivity contribution in [3.8, 4) is 0 Å². The van der Waals surface area contributed by atoms with Gasteiger partial charge in [0.15, 0.2) is 31.3 Å². The molecule has 0 unspecified atom stereocenters. The van der Waals surface area contributed by atoms with Crippen LogP contribution in [0.3, 0.4) is 0 Å². The first-order valence-corrected chi connectivity index (χ1v) is 27.3. The van der Waals surface area contributed by atoms with Crippen molar-refractivity contribution in [1.29, 1.82) is 0 Å². The number of carbonyl (C=O) groups is 1. The standard InChI is InChI=1S/C53H86O23/c1-21-29(57)32(60)37(65)45(70-21)74-39-33(61)31(59)25(18-54)71-46(39)75-40-35(63)34(62)38(43(67)68)73-47(40)72-28-12-13-50(5)26(51(28,6)20-55)11-14-53(8)27(50)10-9-22-23-17-48(2,3)42(41(66)49(23,4)15-16-52(22,53)7)76-44-36(64)30(58)24(56)19-69-44/h9,21,23-42,44-47,54-66H,10-20H2,1-8H3,(H,67,68)/t21-,23-,24+,25+,26+,27+,28-,29-,30-,31-,32+,33-,34-,35-,36+,37+,38-,39+,40+,41+,42-,44-,45-,46-,47+,49+,50-,51+,52+,53+/m0/s1. The zero-order valence-electron chi connectivity index (χ0n) is 44.7. The molecule has 76 heavy (non-hydrogen) atoms. The fourth-order valence-corrected chi connectivity index (χ4v) is 16.4. The maximum atomic E-state index is 12.6. The third-order valence-corrected chi connectivity index (χ3v) is 21.4. The van der Waals surface area contributed by atoms with Crippen molar-refractivity contribution < 1.29 is 114 Å². The van der Waals surface area contributed by atoms with E-state index in [9.17, 15) is 76.3 Å². The van der Waals surface area contributed by atoms with E-state index in [1.165, 1.54) is 12.5 Å². The molecule has 0 amide bonds. The first-order valence-electron chi connectivity index (χ1n) is 27.3. The van der Waals surface area contributed by atoms with Crippen LogP contribution < -0.4 is 0 Å². The lowest BCUT2D eigenvalue weighted by atomic mass is 9.33. The third kappa shape index (κ3) is 9.18. The van der Waals surface area contributed by atoms with Crippen molar-refractivity contribution >= 4 is 5.97 Å². The molecule has 0 spiro atoms. The van der Waals surface area contributed by atoms with Gasteiger partial charge in [0.1, 0.15) is 79.4 Å². The number of allylic oxidation sites excluding steroid dienone is 2. The van der Waals surface area contributed by atoms with Crippen molar-refractivity contribution in [1.82, 2.24) is 0 Å². The molecule has 0 radical (unpaired) electrons. The lowest BCUT2D eigenvalue weighted by molar-refractivity contribution is -0.396. The van der Waals surface area contributed by atoms with E-state index in [2.05, 4.69) is 33.8 Å². The van der Waals surface area contributed by atoms with E-state index >= 15 is 0 Å². The third-order valence-electron chi connectivity index (χ3n) is 21.4. The smallest absolute Gasteiger partial charge is 0.335 e. The molecule has 0 aromatic heterocycles. The van der Waals surface area contributed by atoms with Crippen LogP contribution in [0.1, 0.15) is 107 Å². The van der Waals surface area contributed by atoms with Gasteiger partial charge in [0.05, 0.1) is 44.2 Å². The Labute approximate surface area is 442 Å². The minimum absolute atomic E-state index is 0.0217. The van der Waals surface area contributed by atoms with Crippen LogP contribution in [0.25, 0.3) is 0 Å². The van der Waals surface area contributed by atoms with Gasteiger partial charge in [-0.1, -0.05) is 60.1 Å². The summed E-state index contributed by atoms with van der Waals surface area (Å²) in [5.41, 5.74) is -1.84. The summed E-state index contributed by atoms with van der Waals surface area (Å²) in [6.07, 6.45) is -27.3. The summed E-state index contributed by atoms with van der Waals surface area (Å²) < 4.78 is 48.3. The van der Waals surface area contributed by atoms with Crippen molar-refractivity contribution in [2.24, 2.45) is 50.2 Å². The fourth-order valence-electron chi connectivity index (χ4n) is 16.4. The second kappa shape index (κ2) is 21.0. The first-order chi connectivity index (χ1) is 35.4. The number of carboxylic acids is 1. The number of aliphatic carboxylic acids is 1. The molecule has 0 aromatic rings. The van der Waals surface area contributed by atoms with Gasteiger partial charge in [0.25, 0.3) is 0 Å². The van der Waals surface area contributed by atoms with E-state index in [0.717, 1.165) is 19.3 Å². The summed E-state index contributed by atoms with van der Waals surface area (Å²) in [5, 5.41) is 153. The lowest BCUT2D eigenvalue weighted by Gasteiger charge is -2.72. The Hall–Kier alpha value is -1.63. The molecule has 14 N–H and O–H groups in total. The van der Waals surface area contributed by atoms with Crippen LogP contribution in [-0.4, -0.2) is 232 Å². The van der Waals surface area contributed by atoms with E-state index in [1.807, 2.05) is 20.8 Å². The minimum Gasteiger partial charge on any atom is -0.479 e. The second-order valence-electron chi connectivity index (χ2n) is 26.0. The maximum Gasteiger partial charge on any atom is 0.335 e. The van der Waals surface area contributed by atoms with E-state index in [1.54, 1.807) is 0 Å². The Bertz CT molecular complexity index is 2120. The molecule has 0 aromatic carbocycles. The summed E-state index contributed by atoms with van der Waals surface area (Å²) in [7, 11) is 0. The number of rotatable bonds is 11. The second-order valence-corrected chi connectivity index (χ2v) is 26.0.